The molecule has 0 aromatic heterocycles. The lowest BCUT2D eigenvalue weighted by Gasteiger charge is -2.31. The lowest BCUT2D eigenvalue weighted by Crippen LogP contribution is -2.44. The molecule has 1 saturated heterocycles. The lowest BCUT2D eigenvalue weighted by atomic mass is 10.3. The highest BCUT2D eigenvalue weighted by molar-refractivity contribution is 9.09. The van der Waals surface area contributed by atoms with Gasteiger partial charge in [0, 0.05) is 24.8 Å². The molecule has 0 aromatic carbocycles. The molecule has 12 heavy (non-hydrogen) atoms. The van der Waals surface area contributed by atoms with E-state index >= 15 is 0 Å². The third kappa shape index (κ3) is 2.75. The number of hydrogen-bond acceptors (Lipinski definition) is 2. The first kappa shape index (κ1) is 9.99. The van der Waals surface area contributed by atoms with E-state index in [0.29, 0.717) is 13.0 Å². The van der Waals surface area contributed by atoms with Gasteiger partial charge in [0.15, 0.2) is 0 Å². The zero-order chi connectivity index (χ0) is 8.97. The van der Waals surface area contributed by atoms with Gasteiger partial charge in [0.25, 0.3) is 0 Å². The van der Waals surface area contributed by atoms with E-state index in [4.69, 9.17) is 4.74 Å². The van der Waals surface area contributed by atoms with E-state index in [1.165, 1.54) is 0 Å². The van der Waals surface area contributed by atoms with Crippen molar-refractivity contribution < 1.29 is 9.53 Å². The van der Waals surface area contributed by atoms with Gasteiger partial charge in [-0.1, -0.05) is 15.9 Å². The predicted octanol–water partition coefficient (Wildman–Crippen LogP) is 1.02. The molecule has 1 atom stereocenters. The molecular formula is C8H14BrNO2. The van der Waals surface area contributed by atoms with E-state index in [0.717, 1.165) is 18.4 Å². The standard InChI is InChI=1S/C8H14BrNO2/c1-7-6-10(4-5-12-7)8(11)2-3-9/h7H,2-6H2,1H3. The van der Waals surface area contributed by atoms with Crippen molar-refractivity contribution in [2.24, 2.45) is 0 Å². The van der Waals surface area contributed by atoms with Gasteiger partial charge in [0.05, 0.1) is 12.7 Å². The van der Waals surface area contributed by atoms with Crippen molar-refractivity contribution in [3.63, 3.8) is 0 Å². The van der Waals surface area contributed by atoms with Crippen LogP contribution < -0.4 is 0 Å². The largest absolute Gasteiger partial charge is 0.375 e. The number of rotatable bonds is 2. The smallest absolute Gasteiger partial charge is 0.223 e. The molecule has 1 heterocycles. The Hall–Kier alpha value is -0.0900. The zero-order valence-electron chi connectivity index (χ0n) is 7.25. The number of alkyl halides is 1. The summed E-state index contributed by atoms with van der Waals surface area (Å²) >= 11 is 3.25. The van der Waals surface area contributed by atoms with Gasteiger partial charge in [-0.3, -0.25) is 4.79 Å². The molecule has 0 N–H and O–H groups in total. The van der Waals surface area contributed by atoms with E-state index in [1.807, 2.05) is 11.8 Å². The van der Waals surface area contributed by atoms with Crippen LogP contribution in [0, 0.1) is 0 Å². The average Bonchev–Trinajstić information content (AvgIpc) is 2.05. The van der Waals surface area contributed by atoms with Gasteiger partial charge in [-0.15, -0.1) is 0 Å². The minimum atomic E-state index is 0.193. The molecule has 0 aromatic rings. The highest BCUT2D eigenvalue weighted by atomic mass is 79.9. The molecule has 0 spiro atoms. The van der Waals surface area contributed by atoms with E-state index in [-0.39, 0.29) is 12.0 Å². The van der Waals surface area contributed by atoms with Gasteiger partial charge in [-0.05, 0) is 6.92 Å². The number of hydrogen-bond donors (Lipinski definition) is 0. The summed E-state index contributed by atoms with van der Waals surface area (Å²) in [7, 11) is 0. The Morgan fingerprint density at radius 3 is 3.08 bits per heavy atom. The summed E-state index contributed by atoms with van der Waals surface area (Å²) in [4.78, 5) is 13.3. The molecule has 0 radical (unpaired) electrons. The summed E-state index contributed by atoms with van der Waals surface area (Å²) in [5, 5.41) is 0.748. The number of morpholine rings is 1. The van der Waals surface area contributed by atoms with Crippen LogP contribution in [-0.2, 0) is 9.53 Å². The molecular weight excluding hydrogens is 222 g/mol. The predicted molar refractivity (Wildman–Crippen MR) is 50.4 cm³/mol. The minimum Gasteiger partial charge on any atom is -0.375 e. The Kier molecular flexibility index (Phi) is 4.01. The minimum absolute atomic E-state index is 0.193. The molecule has 3 nitrogen and oxygen atoms in total. The Labute approximate surface area is 81.2 Å². The van der Waals surface area contributed by atoms with E-state index in [1.54, 1.807) is 0 Å². The second kappa shape index (κ2) is 4.82. The highest BCUT2D eigenvalue weighted by Gasteiger charge is 2.20. The number of ether oxygens (including phenoxy) is 1. The topological polar surface area (TPSA) is 29.5 Å². The molecule has 1 unspecified atom stereocenters. The van der Waals surface area contributed by atoms with Crippen molar-refractivity contribution in [1.29, 1.82) is 0 Å². The summed E-state index contributed by atoms with van der Waals surface area (Å²) in [6.07, 6.45) is 0.783. The van der Waals surface area contributed by atoms with Crippen molar-refractivity contribution in [2.75, 3.05) is 25.0 Å². The van der Waals surface area contributed by atoms with E-state index in [9.17, 15) is 4.79 Å². The molecule has 0 bridgehead atoms. The van der Waals surface area contributed by atoms with Gasteiger partial charge in [-0.25, -0.2) is 0 Å². The fraction of sp³-hybridized carbons (Fsp3) is 0.875. The maximum atomic E-state index is 11.4. The van der Waals surface area contributed by atoms with Crippen LogP contribution in [0.2, 0.25) is 0 Å². The first-order valence-corrected chi connectivity index (χ1v) is 5.31. The van der Waals surface area contributed by atoms with Gasteiger partial charge < -0.3 is 9.64 Å². The number of halogens is 1. The van der Waals surface area contributed by atoms with Crippen LogP contribution in [0.4, 0.5) is 0 Å². The molecule has 0 saturated carbocycles. The van der Waals surface area contributed by atoms with Gasteiger partial charge in [-0.2, -0.15) is 0 Å². The van der Waals surface area contributed by atoms with Crippen molar-refractivity contribution in [1.82, 2.24) is 4.90 Å². The molecule has 1 amide bonds. The van der Waals surface area contributed by atoms with Crippen molar-refractivity contribution in [3.05, 3.63) is 0 Å². The Balaban J connectivity index is 2.35. The summed E-state index contributed by atoms with van der Waals surface area (Å²) in [6.45, 7) is 4.16. The van der Waals surface area contributed by atoms with Gasteiger partial charge in [0.2, 0.25) is 5.91 Å². The molecule has 1 fully saturated rings. The normalized spacial score (nSPS) is 24.2. The Morgan fingerprint density at radius 1 is 1.75 bits per heavy atom. The molecule has 1 aliphatic rings. The van der Waals surface area contributed by atoms with Crippen LogP contribution >= 0.6 is 15.9 Å². The monoisotopic (exact) mass is 235 g/mol. The summed E-state index contributed by atoms with van der Waals surface area (Å²) in [6, 6.07) is 0. The average molecular weight is 236 g/mol. The Morgan fingerprint density at radius 2 is 2.50 bits per heavy atom. The third-order valence-corrected chi connectivity index (χ3v) is 2.30. The number of carbonyl (C=O) groups is 1. The van der Waals surface area contributed by atoms with Crippen LogP contribution in [-0.4, -0.2) is 41.9 Å². The third-order valence-electron chi connectivity index (χ3n) is 1.90. The number of amides is 1. The summed E-state index contributed by atoms with van der Waals surface area (Å²) in [5.41, 5.74) is 0. The quantitative estimate of drug-likeness (QED) is 0.670. The maximum absolute atomic E-state index is 11.4. The Bertz CT molecular complexity index is 163. The molecule has 1 rings (SSSR count). The van der Waals surface area contributed by atoms with Crippen LogP contribution in [0.3, 0.4) is 0 Å². The maximum Gasteiger partial charge on any atom is 0.223 e. The van der Waals surface area contributed by atoms with Crippen LogP contribution in [0.5, 0.6) is 0 Å². The second-order valence-corrected chi connectivity index (χ2v) is 3.75. The van der Waals surface area contributed by atoms with Crippen LogP contribution in [0.25, 0.3) is 0 Å². The van der Waals surface area contributed by atoms with E-state index in [2.05, 4.69) is 15.9 Å². The van der Waals surface area contributed by atoms with E-state index < -0.39 is 0 Å². The first-order chi connectivity index (χ1) is 5.74. The van der Waals surface area contributed by atoms with Crippen LogP contribution in [0.15, 0.2) is 0 Å². The van der Waals surface area contributed by atoms with Gasteiger partial charge >= 0.3 is 0 Å². The summed E-state index contributed by atoms with van der Waals surface area (Å²) in [5.74, 6) is 0.224. The zero-order valence-corrected chi connectivity index (χ0v) is 8.84. The molecule has 1 aliphatic heterocycles. The summed E-state index contributed by atoms with van der Waals surface area (Å²) < 4.78 is 5.33. The highest BCUT2D eigenvalue weighted by Crippen LogP contribution is 2.06. The van der Waals surface area contributed by atoms with Crippen molar-refractivity contribution >= 4 is 21.8 Å². The molecule has 70 valence electrons. The van der Waals surface area contributed by atoms with Crippen molar-refractivity contribution in [2.45, 2.75) is 19.4 Å². The van der Waals surface area contributed by atoms with Crippen LogP contribution in [0.1, 0.15) is 13.3 Å². The fourth-order valence-corrected chi connectivity index (χ4v) is 1.62. The number of carbonyl (C=O) groups excluding carboxylic acids is 1. The van der Waals surface area contributed by atoms with Crippen molar-refractivity contribution in [3.8, 4) is 0 Å². The lowest BCUT2D eigenvalue weighted by molar-refractivity contribution is -0.137. The second-order valence-electron chi connectivity index (χ2n) is 2.96. The SMILES string of the molecule is CC1CN(C(=O)CCBr)CCO1. The molecule has 4 heteroatoms. The molecule has 0 aliphatic carbocycles. The van der Waals surface area contributed by atoms with Gasteiger partial charge in [0.1, 0.15) is 0 Å². The first-order valence-electron chi connectivity index (χ1n) is 4.19. The number of nitrogens with zero attached hydrogens (tertiary/aromatic N) is 1. The fourth-order valence-electron chi connectivity index (χ4n) is 1.28.